The average Bonchev–Trinajstić information content (AvgIpc) is 2.46. The predicted molar refractivity (Wildman–Crippen MR) is 81.9 cm³/mol. The molecule has 1 amide bonds. The van der Waals surface area contributed by atoms with E-state index in [0.29, 0.717) is 29.2 Å². The van der Waals surface area contributed by atoms with E-state index in [1.165, 1.54) is 6.20 Å². The maximum Gasteiger partial charge on any atom is 0.303 e. The standard InChI is InChI=1S/C16H17N3O3/c1-10-14(9-17-11(2)18-10)16(22)19-13-6-3-12(4-7-13)5-8-15(20)21/h3-4,6-7,9H,5,8H2,1-2H3,(H,19,22)(H,20,21). The summed E-state index contributed by atoms with van der Waals surface area (Å²) >= 11 is 0. The number of carboxylic acid groups (broad SMARTS) is 1. The van der Waals surface area contributed by atoms with Crippen molar-refractivity contribution in [3.8, 4) is 0 Å². The van der Waals surface area contributed by atoms with Gasteiger partial charge in [-0.15, -0.1) is 0 Å². The summed E-state index contributed by atoms with van der Waals surface area (Å²) < 4.78 is 0. The summed E-state index contributed by atoms with van der Waals surface area (Å²) in [6, 6.07) is 7.10. The Morgan fingerprint density at radius 1 is 1.18 bits per heavy atom. The highest BCUT2D eigenvalue weighted by molar-refractivity contribution is 6.04. The second kappa shape index (κ2) is 6.80. The van der Waals surface area contributed by atoms with Crippen LogP contribution in [-0.2, 0) is 11.2 Å². The molecule has 0 saturated carbocycles. The highest BCUT2D eigenvalue weighted by atomic mass is 16.4. The van der Waals surface area contributed by atoms with Gasteiger partial charge in [-0.25, -0.2) is 9.97 Å². The molecule has 0 saturated heterocycles. The molecular formula is C16H17N3O3. The normalized spacial score (nSPS) is 10.3. The zero-order chi connectivity index (χ0) is 16.1. The summed E-state index contributed by atoms with van der Waals surface area (Å²) in [5.74, 6) is -0.472. The molecule has 0 atom stereocenters. The van der Waals surface area contributed by atoms with Crippen molar-refractivity contribution in [2.24, 2.45) is 0 Å². The molecule has 0 unspecified atom stereocenters. The van der Waals surface area contributed by atoms with Gasteiger partial charge in [-0.05, 0) is 38.0 Å². The summed E-state index contributed by atoms with van der Waals surface area (Å²) in [5.41, 5.74) is 2.61. The Balaban J connectivity index is 2.04. The number of benzene rings is 1. The van der Waals surface area contributed by atoms with Crippen molar-refractivity contribution < 1.29 is 14.7 Å². The van der Waals surface area contributed by atoms with Crippen LogP contribution in [-0.4, -0.2) is 27.0 Å². The predicted octanol–water partition coefficient (Wildman–Crippen LogP) is 2.36. The van der Waals surface area contributed by atoms with E-state index in [1.807, 2.05) is 0 Å². The van der Waals surface area contributed by atoms with Crippen molar-refractivity contribution in [1.82, 2.24) is 9.97 Å². The van der Waals surface area contributed by atoms with Gasteiger partial charge in [0.05, 0.1) is 11.3 Å². The zero-order valence-corrected chi connectivity index (χ0v) is 12.5. The lowest BCUT2D eigenvalue weighted by atomic mass is 10.1. The van der Waals surface area contributed by atoms with Gasteiger partial charge in [0.2, 0.25) is 0 Å². The first-order chi connectivity index (χ1) is 10.5. The molecule has 2 N–H and O–H groups in total. The summed E-state index contributed by atoms with van der Waals surface area (Å²) in [6.07, 6.45) is 2.06. The number of hydrogen-bond acceptors (Lipinski definition) is 4. The maximum atomic E-state index is 12.2. The summed E-state index contributed by atoms with van der Waals surface area (Å²) in [7, 11) is 0. The fourth-order valence-corrected chi connectivity index (χ4v) is 2.01. The molecule has 22 heavy (non-hydrogen) atoms. The van der Waals surface area contributed by atoms with Crippen LogP contribution in [0.25, 0.3) is 0 Å². The lowest BCUT2D eigenvalue weighted by molar-refractivity contribution is -0.136. The van der Waals surface area contributed by atoms with Gasteiger partial charge in [-0.1, -0.05) is 12.1 Å². The second-order valence-corrected chi connectivity index (χ2v) is 4.96. The van der Waals surface area contributed by atoms with Crippen LogP contribution in [0, 0.1) is 13.8 Å². The van der Waals surface area contributed by atoms with Crippen LogP contribution in [0.4, 0.5) is 5.69 Å². The molecule has 0 bridgehead atoms. The third-order valence-corrected chi connectivity index (χ3v) is 3.18. The number of rotatable bonds is 5. The third-order valence-electron chi connectivity index (χ3n) is 3.18. The minimum atomic E-state index is -0.827. The second-order valence-electron chi connectivity index (χ2n) is 4.96. The van der Waals surface area contributed by atoms with Crippen LogP contribution in [0.2, 0.25) is 0 Å². The van der Waals surface area contributed by atoms with E-state index >= 15 is 0 Å². The van der Waals surface area contributed by atoms with Crippen molar-refractivity contribution >= 4 is 17.6 Å². The van der Waals surface area contributed by atoms with Crippen LogP contribution in [0.1, 0.15) is 33.9 Å². The van der Waals surface area contributed by atoms with E-state index in [4.69, 9.17) is 5.11 Å². The van der Waals surface area contributed by atoms with E-state index < -0.39 is 5.97 Å². The van der Waals surface area contributed by atoms with Crippen LogP contribution in [0.15, 0.2) is 30.5 Å². The number of carboxylic acids is 1. The first kappa shape index (κ1) is 15.6. The minimum absolute atomic E-state index is 0.0889. The smallest absolute Gasteiger partial charge is 0.303 e. The average molecular weight is 299 g/mol. The van der Waals surface area contributed by atoms with Crippen molar-refractivity contribution in [1.29, 1.82) is 0 Å². The Morgan fingerprint density at radius 3 is 2.45 bits per heavy atom. The van der Waals surface area contributed by atoms with Gasteiger partial charge >= 0.3 is 5.97 Å². The Kier molecular flexibility index (Phi) is 4.83. The lowest BCUT2D eigenvalue weighted by Gasteiger charge is -2.08. The molecule has 1 heterocycles. The van der Waals surface area contributed by atoms with Crippen molar-refractivity contribution in [3.05, 3.63) is 53.1 Å². The van der Waals surface area contributed by atoms with Crippen LogP contribution in [0.3, 0.4) is 0 Å². The van der Waals surface area contributed by atoms with Crippen LogP contribution >= 0.6 is 0 Å². The van der Waals surface area contributed by atoms with E-state index in [-0.39, 0.29) is 12.3 Å². The number of carbonyl (C=O) groups excluding carboxylic acids is 1. The Bertz CT molecular complexity index is 696. The van der Waals surface area contributed by atoms with Crippen molar-refractivity contribution in [2.45, 2.75) is 26.7 Å². The number of anilines is 1. The molecule has 114 valence electrons. The largest absolute Gasteiger partial charge is 0.481 e. The highest BCUT2D eigenvalue weighted by Crippen LogP contribution is 2.13. The number of aryl methyl sites for hydroxylation is 3. The summed E-state index contributed by atoms with van der Waals surface area (Å²) in [6.45, 7) is 3.53. The molecule has 0 aliphatic heterocycles. The van der Waals surface area contributed by atoms with Gasteiger partial charge in [-0.2, -0.15) is 0 Å². The molecule has 0 fully saturated rings. The fraction of sp³-hybridized carbons (Fsp3) is 0.250. The van der Waals surface area contributed by atoms with Crippen LogP contribution in [0.5, 0.6) is 0 Å². The van der Waals surface area contributed by atoms with Gasteiger partial charge in [0.15, 0.2) is 0 Å². The van der Waals surface area contributed by atoms with Crippen LogP contribution < -0.4 is 5.32 Å². The molecule has 0 spiro atoms. The number of carbonyl (C=O) groups is 2. The molecule has 0 aliphatic rings. The number of nitrogens with one attached hydrogen (secondary N) is 1. The fourth-order valence-electron chi connectivity index (χ4n) is 2.01. The summed E-state index contributed by atoms with van der Waals surface area (Å²) in [5, 5.41) is 11.4. The molecule has 1 aromatic carbocycles. The summed E-state index contributed by atoms with van der Waals surface area (Å²) in [4.78, 5) is 30.9. The molecular weight excluding hydrogens is 282 g/mol. The van der Waals surface area contributed by atoms with E-state index in [1.54, 1.807) is 38.1 Å². The topological polar surface area (TPSA) is 92.2 Å². The molecule has 6 heteroatoms. The van der Waals surface area contributed by atoms with Gasteiger partial charge in [-0.3, -0.25) is 9.59 Å². The quantitative estimate of drug-likeness (QED) is 0.884. The molecule has 0 aliphatic carbocycles. The van der Waals surface area contributed by atoms with Gasteiger partial charge in [0.1, 0.15) is 5.82 Å². The van der Waals surface area contributed by atoms with Gasteiger partial charge in [0, 0.05) is 18.3 Å². The van der Waals surface area contributed by atoms with Gasteiger partial charge in [0.25, 0.3) is 5.91 Å². The Hall–Kier alpha value is -2.76. The maximum absolute atomic E-state index is 12.2. The van der Waals surface area contributed by atoms with E-state index in [9.17, 15) is 9.59 Å². The minimum Gasteiger partial charge on any atom is -0.481 e. The lowest BCUT2D eigenvalue weighted by Crippen LogP contribution is -2.15. The number of aliphatic carboxylic acids is 1. The monoisotopic (exact) mass is 299 g/mol. The Labute approximate surface area is 128 Å². The number of nitrogens with zero attached hydrogens (tertiary/aromatic N) is 2. The molecule has 6 nitrogen and oxygen atoms in total. The number of aromatic nitrogens is 2. The molecule has 1 aromatic heterocycles. The zero-order valence-electron chi connectivity index (χ0n) is 12.5. The van der Waals surface area contributed by atoms with Crippen molar-refractivity contribution in [3.63, 3.8) is 0 Å². The SMILES string of the molecule is Cc1ncc(C(=O)Nc2ccc(CCC(=O)O)cc2)c(C)n1. The molecule has 2 rings (SSSR count). The van der Waals surface area contributed by atoms with Crippen molar-refractivity contribution in [2.75, 3.05) is 5.32 Å². The highest BCUT2D eigenvalue weighted by Gasteiger charge is 2.11. The van der Waals surface area contributed by atoms with Gasteiger partial charge < -0.3 is 10.4 Å². The molecule has 2 aromatic rings. The van der Waals surface area contributed by atoms with E-state index in [0.717, 1.165) is 5.56 Å². The number of hydrogen-bond donors (Lipinski definition) is 2. The van der Waals surface area contributed by atoms with E-state index in [2.05, 4.69) is 15.3 Å². The Morgan fingerprint density at radius 2 is 1.86 bits per heavy atom. The third kappa shape index (κ3) is 4.12. The first-order valence-electron chi connectivity index (χ1n) is 6.88. The first-order valence-corrected chi connectivity index (χ1v) is 6.88. The molecule has 0 radical (unpaired) electrons. The number of amides is 1.